The van der Waals surface area contributed by atoms with E-state index in [1.54, 1.807) is 4.90 Å². The van der Waals surface area contributed by atoms with Crippen LogP contribution in [0.1, 0.15) is 19.3 Å². The number of carbonyl (C=O) groups excluding carboxylic acids is 1. The number of β-amino-alcohol motifs (C(OH)–C–C–N with tert-alkyl or cyclic N) is 1. The maximum absolute atomic E-state index is 11.7. The van der Waals surface area contributed by atoms with Crippen molar-refractivity contribution in [3.05, 3.63) is 0 Å². The number of ether oxygens (including phenoxy) is 1. The molecule has 0 aromatic rings. The Morgan fingerprint density at radius 2 is 2.31 bits per heavy atom. The first-order valence-corrected chi connectivity index (χ1v) is 4.86. The monoisotopic (exact) mass is 185 g/mol. The number of aliphatic hydroxyl groups is 1. The van der Waals surface area contributed by atoms with Crippen LogP contribution in [0, 0.1) is 0 Å². The van der Waals surface area contributed by atoms with Crippen LogP contribution in [0.5, 0.6) is 0 Å². The van der Waals surface area contributed by atoms with E-state index < -0.39 is 0 Å². The Bertz CT molecular complexity index is 201. The molecule has 0 aromatic carbocycles. The first-order valence-electron chi connectivity index (χ1n) is 4.86. The van der Waals surface area contributed by atoms with Gasteiger partial charge in [0.2, 0.25) is 0 Å². The van der Waals surface area contributed by atoms with Gasteiger partial charge in [0.1, 0.15) is 6.10 Å². The van der Waals surface area contributed by atoms with Crippen molar-refractivity contribution in [3.8, 4) is 0 Å². The molecule has 0 aromatic heterocycles. The number of aliphatic hydroxyl groups excluding tert-OH is 1. The number of hydrogen-bond acceptors (Lipinski definition) is 3. The molecule has 2 saturated heterocycles. The second kappa shape index (κ2) is 3.64. The Morgan fingerprint density at radius 3 is 2.85 bits per heavy atom. The van der Waals surface area contributed by atoms with E-state index in [9.17, 15) is 9.90 Å². The van der Waals surface area contributed by atoms with Gasteiger partial charge in [-0.15, -0.1) is 0 Å². The molecule has 1 unspecified atom stereocenters. The highest BCUT2D eigenvalue weighted by molar-refractivity contribution is 5.81. The van der Waals surface area contributed by atoms with Crippen molar-refractivity contribution in [3.63, 3.8) is 0 Å². The molecule has 2 heterocycles. The van der Waals surface area contributed by atoms with Crippen molar-refractivity contribution in [2.45, 2.75) is 31.5 Å². The summed E-state index contributed by atoms with van der Waals surface area (Å²) in [6.07, 6.45) is 1.96. The molecule has 2 aliphatic rings. The van der Waals surface area contributed by atoms with Gasteiger partial charge in [0.15, 0.2) is 0 Å². The zero-order valence-electron chi connectivity index (χ0n) is 7.61. The lowest BCUT2D eigenvalue weighted by Crippen LogP contribution is -2.37. The fourth-order valence-electron chi connectivity index (χ4n) is 1.92. The number of carbonyl (C=O) groups is 1. The van der Waals surface area contributed by atoms with Crippen molar-refractivity contribution >= 4 is 5.91 Å². The van der Waals surface area contributed by atoms with Crippen LogP contribution in [0.2, 0.25) is 0 Å². The Labute approximate surface area is 77.5 Å². The van der Waals surface area contributed by atoms with Crippen LogP contribution in [0.15, 0.2) is 0 Å². The summed E-state index contributed by atoms with van der Waals surface area (Å²) < 4.78 is 5.29. The highest BCUT2D eigenvalue weighted by atomic mass is 16.5. The van der Waals surface area contributed by atoms with E-state index in [-0.39, 0.29) is 18.1 Å². The molecule has 2 aliphatic heterocycles. The second-order valence-electron chi connectivity index (χ2n) is 3.73. The van der Waals surface area contributed by atoms with Gasteiger partial charge in [-0.25, -0.2) is 0 Å². The molecule has 2 atom stereocenters. The average molecular weight is 185 g/mol. The highest BCUT2D eigenvalue weighted by Crippen LogP contribution is 2.18. The molecule has 1 amide bonds. The number of hydrogen-bond donors (Lipinski definition) is 1. The minimum Gasteiger partial charge on any atom is -0.391 e. The SMILES string of the molecule is O=C([C@H]1CCCO1)N1CCC(O)C1. The second-order valence-corrected chi connectivity index (χ2v) is 3.73. The zero-order valence-corrected chi connectivity index (χ0v) is 7.61. The van der Waals surface area contributed by atoms with Gasteiger partial charge in [-0.2, -0.15) is 0 Å². The lowest BCUT2D eigenvalue weighted by Gasteiger charge is -2.19. The predicted octanol–water partition coefficient (Wildman–Crippen LogP) is -0.241. The Morgan fingerprint density at radius 1 is 1.46 bits per heavy atom. The molecule has 13 heavy (non-hydrogen) atoms. The van der Waals surface area contributed by atoms with E-state index >= 15 is 0 Å². The molecular weight excluding hydrogens is 170 g/mol. The van der Waals surface area contributed by atoms with Gasteiger partial charge in [-0.05, 0) is 19.3 Å². The van der Waals surface area contributed by atoms with Crippen molar-refractivity contribution < 1.29 is 14.6 Å². The van der Waals surface area contributed by atoms with Gasteiger partial charge < -0.3 is 14.7 Å². The van der Waals surface area contributed by atoms with E-state index in [2.05, 4.69) is 0 Å². The van der Waals surface area contributed by atoms with Crippen molar-refractivity contribution in [1.82, 2.24) is 4.90 Å². The molecule has 74 valence electrons. The summed E-state index contributed by atoms with van der Waals surface area (Å²) in [6, 6.07) is 0. The third-order valence-corrected chi connectivity index (χ3v) is 2.68. The first kappa shape index (κ1) is 8.97. The number of rotatable bonds is 1. The van der Waals surface area contributed by atoms with Crippen molar-refractivity contribution in [1.29, 1.82) is 0 Å². The molecule has 4 nitrogen and oxygen atoms in total. The quantitative estimate of drug-likeness (QED) is 0.613. The van der Waals surface area contributed by atoms with Gasteiger partial charge in [0, 0.05) is 19.7 Å². The maximum atomic E-state index is 11.7. The van der Waals surface area contributed by atoms with Crippen molar-refractivity contribution in [2.75, 3.05) is 19.7 Å². The van der Waals surface area contributed by atoms with Gasteiger partial charge in [-0.3, -0.25) is 4.79 Å². The third-order valence-electron chi connectivity index (χ3n) is 2.68. The lowest BCUT2D eigenvalue weighted by atomic mass is 10.2. The van der Waals surface area contributed by atoms with E-state index in [4.69, 9.17) is 4.74 Å². The molecule has 0 radical (unpaired) electrons. The van der Waals surface area contributed by atoms with Crippen LogP contribution in [0.25, 0.3) is 0 Å². The summed E-state index contributed by atoms with van der Waals surface area (Å²) in [7, 11) is 0. The van der Waals surface area contributed by atoms with E-state index in [1.165, 1.54) is 0 Å². The molecular formula is C9H15NO3. The van der Waals surface area contributed by atoms with Crippen LogP contribution in [-0.4, -0.2) is 47.8 Å². The first-order chi connectivity index (χ1) is 6.27. The van der Waals surface area contributed by atoms with Gasteiger partial charge in [0.05, 0.1) is 6.10 Å². The van der Waals surface area contributed by atoms with Gasteiger partial charge in [-0.1, -0.05) is 0 Å². The standard InChI is InChI=1S/C9H15NO3/c11-7-3-4-10(6-7)9(12)8-2-1-5-13-8/h7-8,11H,1-6H2/t7?,8-/m1/s1. The summed E-state index contributed by atoms with van der Waals surface area (Å²) in [5.74, 6) is 0.0639. The van der Waals surface area contributed by atoms with Crippen LogP contribution < -0.4 is 0 Å². The summed E-state index contributed by atoms with van der Waals surface area (Å²) in [5.41, 5.74) is 0. The minimum atomic E-state index is -0.328. The maximum Gasteiger partial charge on any atom is 0.251 e. The topological polar surface area (TPSA) is 49.8 Å². The Balaban J connectivity index is 1.89. The fraction of sp³-hybridized carbons (Fsp3) is 0.889. The van der Waals surface area contributed by atoms with E-state index in [0.717, 1.165) is 12.8 Å². The summed E-state index contributed by atoms with van der Waals surface area (Å²) in [4.78, 5) is 13.4. The molecule has 0 saturated carbocycles. The van der Waals surface area contributed by atoms with Gasteiger partial charge >= 0.3 is 0 Å². The Kier molecular flexibility index (Phi) is 2.51. The molecule has 4 heteroatoms. The average Bonchev–Trinajstić information content (AvgIpc) is 2.72. The normalized spacial score (nSPS) is 34.1. The molecule has 2 fully saturated rings. The number of likely N-dealkylation sites (tertiary alicyclic amines) is 1. The molecule has 0 aliphatic carbocycles. The number of amides is 1. The summed E-state index contributed by atoms with van der Waals surface area (Å²) >= 11 is 0. The van der Waals surface area contributed by atoms with E-state index in [0.29, 0.717) is 26.1 Å². The number of nitrogens with zero attached hydrogens (tertiary/aromatic N) is 1. The Hall–Kier alpha value is -0.610. The molecule has 0 spiro atoms. The smallest absolute Gasteiger partial charge is 0.251 e. The summed E-state index contributed by atoms with van der Waals surface area (Å²) in [5, 5.41) is 9.26. The highest BCUT2D eigenvalue weighted by Gasteiger charge is 2.32. The largest absolute Gasteiger partial charge is 0.391 e. The minimum absolute atomic E-state index is 0.0639. The zero-order chi connectivity index (χ0) is 9.26. The fourth-order valence-corrected chi connectivity index (χ4v) is 1.92. The summed E-state index contributed by atoms with van der Waals surface area (Å²) in [6.45, 7) is 1.87. The predicted molar refractivity (Wildman–Crippen MR) is 46.2 cm³/mol. The molecule has 2 rings (SSSR count). The van der Waals surface area contributed by atoms with Crippen LogP contribution in [-0.2, 0) is 9.53 Å². The molecule has 1 N–H and O–H groups in total. The van der Waals surface area contributed by atoms with Gasteiger partial charge in [0.25, 0.3) is 5.91 Å². The van der Waals surface area contributed by atoms with Crippen LogP contribution in [0.3, 0.4) is 0 Å². The van der Waals surface area contributed by atoms with Crippen LogP contribution >= 0.6 is 0 Å². The van der Waals surface area contributed by atoms with E-state index in [1.807, 2.05) is 0 Å². The molecule has 0 bridgehead atoms. The van der Waals surface area contributed by atoms with Crippen LogP contribution in [0.4, 0.5) is 0 Å². The third kappa shape index (κ3) is 1.84. The van der Waals surface area contributed by atoms with Crippen molar-refractivity contribution in [2.24, 2.45) is 0 Å². The lowest BCUT2D eigenvalue weighted by molar-refractivity contribution is -0.140.